The van der Waals surface area contributed by atoms with Crippen LogP contribution in [0.4, 0.5) is 5.69 Å². The number of rotatable bonds is 9. The molecule has 0 spiro atoms. The maximum atomic E-state index is 11.7. The molecule has 4 heteroatoms. The van der Waals surface area contributed by atoms with Crippen molar-refractivity contribution in [1.29, 1.82) is 0 Å². The third-order valence-electron chi connectivity index (χ3n) is 3.24. The molecule has 0 aliphatic carbocycles. The smallest absolute Gasteiger partial charge is 0.224 e. The summed E-state index contributed by atoms with van der Waals surface area (Å²) in [7, 11) is 0. The summed E-state index contributed by atoms with van der Waals surface area (Å²) in [5.74, 6) is -0.0272. The summed E-state index contributed by atoms with van der Waals surface area (Å²) in [5, 5.41) is 12.5. The Morgan fingerprint density at radius 1 is 1.15 bits per heavy atom. The Hall–Kier alpha value is -1.22. The molecule has 0 heterocycles. The third-order valence-corrected chi connectivity index (χ3v) is 3.56. The summed E-state index contributed by atoms with van der Waals surface area (Å²) >= 11 is 5.71. The second-order valence-electron chi connectivity index (χ2n) is 5.09. The number of nitrogens with one attached hydrogen (secondary N) is 1. The first-order valence-electron chi connectivity index (χ1n) is 7.42. The first kappa shape index (κ1) is 16.8. The zero-order valence-corrected chi connectivity index (χ0v) is 12.9. The van der Waals surface area contributed by atoms with E-state index in [-0.39, 0.29) is 16.7 Å². The van der Waals surface area contributed by atoms with Crippen LogP contribution in [0, 0.1) is 0 Å². The molecule has 0 fully saturated rings. The summed E-state index contributed by atoms with van der Waals surface area (Å²) in [4.78, 5) is 11.7. The van der Waals surface area contributed by atoms with Gasteiger partial charge in [0.25, 0.3) is 0 Å². The molecule has 2 N–H and O–H groups in total. The van der Waals surface area contributed by atoms with E-state index in [1.54, 1.807) is 12.1 Å². The van der Waals surface area contributed by atoms with Crippen LogP contribution in [-0.4, -0.2) is 11.0 Å². The standard InChI is InChI=1S/C16H24ClNO2/c1-2-3-4-5-6-7-8-9-16(20)18-13-10-11-14(17)15(19)12-13/h10-12,19H,2-9H2,1H3,(H,18,20). The second kappa shape index (κ2) is 9.65. The normalized spacial score (nSPS) is 10.5. The van der Waals surface area contributed by atoms with Gasteiger partial charge in [0.1, 0.15) is 5.75 Å². The van der Waals surface area contributed by atoms with Crippen LogP contribution in [0.2, 0.25) is 5.02 Å². The number of aromatic hydroxyl groups is 1. The predicted octanol–water partition coefficient (Wildman–Crippen LogP) is 5.12. The summed E-state index contributed by atoms with van der Waals surface area (Å²) < 4.78 is 0. The molecule has 3 nitrogen and oxygen atoms in total. The Bertz CT molecular complexity index is 421. The lowest BCUT2D eigenvalue weighted by Crippen LogP contribution is -2.10. The minimum Gasteiger partial charge on any atom is -0.506 e. The van der Waals surface area contributed by atoms with Crippen molar-refractivity contribution in [1.82, 2.24) is 0 Å². The van der Waals surface area contributed by atoms with Crippen LogP contribution in [0.25, 0.3) is 0 Å². The highest BCUT2D eigenvalue weighted by molar-refractivity contribution is 6.32. The van der Waals surface area contributed by atoms with E-state index in [0.29, 0.717) is 12.1 Å². The van der Waals surface area contributed by atoms with Crippen LogP contribution in [0.3, 0.4) is 0 Å². The maximum absolute atomic E-state index is 11.7. The van der Waals surface area contributed by atoms with Crippen LogP contribution in [0.5, 0.6) is 5.75 Å². The molecule has 1 rings (SSSR count). The Morgan fingerprint density at radius 2 is 1.80 bits per heavy atom. The molecule has 0 saturated heterocycles. The minimum atomic E-state index is -0.0136. The van der Waals surface area contributed by atoms with Gasteiger partial charge < -0.3 is 10.4 Å². The zero-order chi connectivity index (χ0) is 14.8. The summed E-state index contributed by atoms with van der Waals surface area (Å²) in [6, 6.07) is 4.72. The summed E-state index contributed by atoms with van der Waals surface area (Å²) in [6.45, 7) is 2.21. The van der Waals surface area contributed by atoms with E-state index in [2.05, 4.69) is 12.2 Å². The minimum absolute atomic E-state index is 0.0135. The average Bonchev–Trinajstić information content (AvgIpc) is 2.42. The molecule has 0 saturated carbocycles. The van der Waals surface area contributed by atoms with Crippen LogP contribution >= 0.6 is 11.6 Å². The van der Waals surface area contributed by atoms with Gasteiger partial charge in [-0.1, -0.05) is 57.0 Å². The van der Waals surface area contributed by atoms with Crippen LogP contribution in [0.1, 0.15) is 58.3 Å². The number of hydrogen-bond donors (Lipinski definition) is 2. The van der Waals surface area contributed by atoms with E-state index in [9.17, 15) is 9.90 Å². The van der Waals surface area contributed by atoms with Crippen molar-refractivity contribution < 1.29 is 9.90 Å². The Balaban J connectivity index is 2.15. The fourth-order valence-corrected chi connectivity index (χ4v) is 2.17. The van der Waals surface area contributed by atoms with Crippen LogP contribution in [-0.2, 0) is 4.79 Å². The SMILES string of the molecule is CCCCCCCCCC(=O)Nc1ccc(Cl)c(O)c1. The monoisotopic (exact) mass is 297 g/mol. The van der Waals surface area contributed by atoms with Crippen molar-refractivity contribution in [3.63, 3.8) is 0 Å². The average molecular weight is 298 g/mol. The number of phenolic OH excluding ortho intramolecular Hbond substituents is 1. The highest BCUT2D eigenvalue weighted by atomic mass is 35.5. The van der Waals surface area contributed by atoms with E-state index in [4.69, 9.17) is 11.6 Å². The molecule has 1 aromatic carbocycles. The first-order valence-corrected chi connectivity index (χ1v) is 7.79. The fourth-order valence-electron chi connectivity index (χ4n) is 2.06. The molecular formula is C16H24ClNO2. The van der Waals surface area contributed by atoms with E-state index < -0.39 is 0 Å². The lowest BCUT2D eigenvalue weighted by Gasteiger charge is -2.06. The summed E-state index contributed by atoms with van der Waals surface area (Å²) in [5.41, 5.74) is 0.583. The molecule has 1 aromatic rings. The number of benzene rings is 1. The molecule has 0 radical (unpaired) electrons. The predicted molar refractivity (Wildman–Crippen MR) is 84.4 cm³/mol. The van der Waals surface area contributed by atoms with Crippen molar-refractivity contribution in [2.24, 2.45) is 0 Å². The highest BCUT2D eigenvalue weighted by Crippen LogP contribution is 2.26. The molecule has 0 aliphatic heterocycles. The molecule has 112 valence electrons. The lowest BCUT2D eigenvalue weighted by molar-refractivity contribution is -0.116. The number of hydrogen-bond acceptors (Lipinski definition) is 2. The molecular weight excluding hydrogens is 274 g/mol. The van der Waals surface area contributed by atoms with Gasteiger partial charge in [-0.25, -0.2) is 0 Å². The number of phenols is 1. The van der Waals surface area contributed by atoms with Gasteiger partial charge in [0, 0.05) is 18.2 Å². The van der Waals surface area contributed by atoms with Gasteiger partial charge in [0.05, 0.1) is 5.02 Å². The number of halogens is 1. The molecule has 0 atom stereocenters. The maximum Gasteiger partial charge on any atom is 0.224 e. The number of unbranched alkanes of at least 4 members (excludes halogenated alkanes) is 6. The second-order valence-corrected chi connectivity index (χ2v) is 5.49. The Labute approximate surface area is 126 Å². The van der Waals surface area contributed by atoms with Crippen LogP contribution in [0.15, 0.2) is 18.2 Å². The van der Waals surface area contributed by atoms with Gasteiger partial charge in [0.15, 0.2) is 0 Å². The van der Waals surface area contributed by atoms with Gasteiger partial charge in [-0.15, -0.1) is 0 Å². The van der Waals surface area contributed by atoms with Crippen molar-refractivity contribution in [3.8, 4) is 5.75 Å². The lowest BCUT2D eigenvalue weighted by atomic mass is 10.1. The number of anilines is 1. The number of carbonyl (C=O) groups is 1. The third kappa shape index (κ3) is 6.80. The molecule has 0 unspecified atom stereocenters. The quantitative estimate of drug-likeness (QED) is 0.621. The molecule has 20 heavy (non-hydrogen) atoms. The van der Waals surface area contributed by atoms with Gasteiger partial charge in [-0.3, -0.25) is 4.79 Å². The largest absolute Gasteiger partial charge is 0.506 e. The van der Waals surface area contributed by atoms with E-state index >= 15 is 0 Å². The van der Waals surface area contributed by atoms with Crippen molar-refractivity contribution in [2.45, 2.75) is 58.3 Å². The van der Waals surface area contributed by atoms with Gasteiger partial charge >= 0.3 is 0 Å². The highest BCUT2D eigenvalue weighted by Gasteiger charge is 2.04. The molecule has 0 bridgehead atoms. The van der Waals surface area contributed by atoms with Crippen LogP contribution < -0.4 is 5.32 Å². The van der Waals surface area contributed by atoms with Crippen molar-refractivity contribution in [3.05, 3.63) is 23.2 Å². The van der Waals surface area contributed by atoms with Crippen molar-refractivity contribution >= 4 is 23.2 Å². The van der Waals surface area contributed by atoms with E-state index in [0.717, 1.165) is 12.8 Å². The zero-order valence-electron chi connectivity index (χ0n) is 12.1. The van der Waals surface area contributed by atoms with Gasteiger partial charge in [-0.2, -0.15) is 0 Å². The van der Waals surface area contributed by atoms with E-state index in [1.807, 2.05) is 0 Å². The fraction of sp³-hybridized carbons (Fsp3) is 0.562. The topological polar surface area (TPSA) is 49.3 Å². The Kier molecular flexibility index (Phi) is 8.12. The summed E-state index contributed by atoms with van der Waals surface area (Å²) in [6.07, 6.45) is 8.87. The Morgan fingerprint density at radius 3 is 2.45 bits per heavy atom. The molecule has 1 amide bonds. The van der Waals surface area contributed by atoms with Gasteiger partial charge in [-0.05, 0) is 18.6 Å². The molecule has 0 aromatic heterocycles. The van der Waals surface area contributed by atoms with Crippen molar-refractivity contribution in [2.75, 3.05) is 5.32 Å². The van der Waals surface area contributed by atoms with Gasteiger partial charge in [0.2, 0.25) is 5.91 Å². The number of amides is 1. The first-order chi connectivity index (χ1) is 9.63. The van der Waals surface area contributed by atoms with E-state index in [1.165, 1.54) is 38.2 Å². The molecule has 0 aliphatic rings. The number of carbonyl (C=O) groups excluding carboxylic acids is 1.